The number of carboxylic acids is 1. The second-order valence-corrected chi connectivity index (χ2v) is 4.04. The van der Waals surface area contributed by atoms with E-state index in [4.69, 9.17) is 14.9 Å². The molecular weight excluding hydrogens is 238 g/mol. The van der Waals surface area contributed by atoms with E-state index in [0.29, 0.717) is 18.7 Å². The zero-order chi connectivity index (χ0) is 13.3. The van der Waals surface area contributed by atoms with Gasteiger partial charge in [-0.3, -0.25) is 0 Å². The summed E-state index contributed by atoms with van der Waals surface area (Å²) in [6.07, 6.45) is -0.506. The van der Waals surface area contributed by atoms with Gasteiger partial charge >= 0.3 is 12.1 Å². The van der Waals surface area contributed by atoms with Crippen LogP contribution >= 0.6 is 0 Å². The first-order valence-corrected chi connectivity index (χ1v) is 5.44. The molecule has 1 aromatic carbocycles. The normalized spacial score (nSPS) is 13.9. The van der Waals surface area contributed by atoms with Crippen molar-refractivity contribution in [2.45, 2.75) is 13.0 Å². The second-order valence-electron chi connectivity index (χ2n) is 4.04. The van der Waals surface area contributed by atoms with Crippen LogP contribution in [0.2, 0.25) is 0 Å². The summed E-state index contributed by atoms with van der Waals surface area (Å²) in [6, 6.07) is 3.10. The van der Waals surface area contributed by atoms with Gasteiger partial charge in [0.2, 0.25) is 0 Å². The van der Waals surface area contributed by atoms with Crippen molar-refractivity contribution in [3.63, 3.8) is 0 Å². The molecule has 2 rings (SSSR count). The van der Waals surface area contributed by atoms with Crippen LogP contribution in [-0.2, 0) is 13.0 Å². The Bertz CT molecular complexity index is 511. The Labute approximate surface area is 103 Å². The number of hydrogen-bond acceptors (Lipinski definition) is 3. The Morgan fingerprint density at radius 2 is 2.06 bits per heavy atom. The van der Waals surface area contributed by atoms with E-state index in [1.165, 1.54) is 18.1 Å². The van der Waals surface area contributed by atoms with Crippen LogP contribution in [0.1, 0.15) is 21.5 Å². The molecule has 6 nitrogen and oxygen atoms in total. The maximum absolute atomic E-state index is 11.1. The molecule has 6 heteroatoms. The van der Waals surface area contributed by atoms with E-state index in [0.717, 1.165) is 11.1 Å². The maximum atomic E-state index is 11.1. The fraction of sp³-hybridized carbons (Fsp3) is 0.333. The monoisotopic (exact) mass is 251 g/mol. The summed E-state index contributed by atoms with van der Waals surface area (Å²) in [5.41, 5.74) is 1.69. The largest absolute Gasteiger partial charge is 0.496 e. The molecule has 2 N–H and O–H groups in total. The minimum Gasteiger partial charge on any atom is -0.496 e. The fourth-order valence-corrected chi connectivity index (χ4v) is 2.19. The number of ether oxygens (including phenoxy) is 1. The molecule has 1 aliphatic rings. The van der Waals surface area contributed by atoms with E-state index in [1.807, 2.05) is 0 Å². The molecule has 1 aliphatic heterocycles. The molecule has 0 aliphatic carbocycles. The molecule has 0 spiro atoms. The minimum atomic E-state index is -1.05. The molecule has 0 fully saturated rings. The van der Waals surface area contributed by atoms with Gasteiger partial charge in [0.1, 0.15) is 11.3 Å². The highest BCUT2D eigenvalue weighted by Crippen LogP contribution is 2.31. The number of fused-ring (bicyclic) bond motifs is 1. The first kappa shape index (κ1) is 12.2. The van der Waals surface area contributed by atoms with E-state index in [-0.39, 0.29) is 12.1 Å². The molecule has 1 aromatic rings. The highest BCUT2D eigenvalue weighted by molar-refractivity contribution is 5.91. The molecule has 18 heavy (non-hydrogen) atoms. The summed E-state index contributed by atoms with van der Waals surface area (Å²) >= 11 is 0. The molecule has 96 valence electrons. The summed E-state index contributed by atoms with van der Waals surface area (Å²) in [4.78, 5) is 23.2. The van der Waals surface area contributed by atoms with Crippen molar-refractivity contribution in [1.29, 1.82) is 0 Å². The van der Waals surface area contributed by atoms with Crippen LogP contribution in [-0.4, -0.2) is 40.8 Å². The Morgan fingerprint density at radius 1 is 1.33 bits per heavy atom. The number of rotatable bonds is 2. The van der Waals surface area contributed by atoms with E-state index >= 15 is 0 Å². The minimum absolute atomic E-state index is 0.111. The third-order valence-corrected chi connectivity index (χ3v) is 3.06. The number of nitrogens with zero attached hydrogens (tertiary/aromatic N) is 1. The highest BCUT2D eigenvalue weighted by Gasteiger charge is 2.25. The van der Waals surface area contributed by atoms with Gasteiger partial charge in [-0.15, -0.1) is 0 Å². The lowest BCUT2D eigenvalue weighted by Gasteiger charge is -2.28. The third-order valence-electron chi connectivity index (χ3n) is 3.06. The van der Waals surface area contributed by atoms with Crippen LogP contribution in [0.15, 0.2) is 12.1 Å². The number of methoxy groups -OCH3 is 1. The molecular formula is C12H13NO5. The van der Waals surface area contributed by atoms with Crippen molar-refractivity contribution in [3.8, 4) is 5.75 Å². The molecule has 0 atom stereocenters. The Hall–Kier alpha value is -2.24. The lowest BCUT2D eigenvalue weighted by molar-refractivity contribution is 0.0692. The molecule has 0 radical (unpaired) electrons. The zero-order valence-corrected chi connectivity index (χ0v) is 9.84. The first-order chi connectivity index (χ1) is 8.54. The summed E-state index contributed by atoms with van der Waals surface area (Å²) in [7, 11) is 1.42. The van der Waals surface area contributed by atoms with Crippen molar-refractivity contribution in [3.05, 3.63) is 28.8 Å². The van der Waals surface area contributed by atoms with Crippen LogP contribution < -0.4 is 4.74 Å². The van der Waals surface area contributed by atoms with Gasteiger partial charge in [0.25, 0.3) is 0 Å². The summed E-state index contributed by atoms with van der Waals surface area (Å²) in [6.45, 7) is 0.614. The average molecular weight is 251 g/mol. The van der Waals surface area contributed by atoms with Crippen molar-refractivity contribution < 1.29 is 24.5 Å². The third kappa shape index (κ3) is 1.97. The van der Waals surface area contributed by atoms with E-state index < -0.39 is 12.1 Å². The SMILES string of the molecule is COc1c(C(=O)O)ccc2c1CCN(C(=O)O)C2. The van der Waals surface area contributed by atoms with Crippen LogP contribution in [0.25, 0.3) is 0 Å². The van der Waals surface area contributed by atoms with Crippen molar-refractivity contribution in [1.82, 2.24) is 4.90 Å². The summed E-state index contributed by atoms with van der Waals surface area (Å²) in [5, 5.41) is 18.0. The van der Waals surface area contributed by atoms with Gasteiger partial charge < -0.3 is 19.8 Å². The standard InChI is InChI=1S/C12H13NO5/c1-18-10-8-4-5-13(12(16)17)6-7(8)2-3-9(10)11(14)15/h2-3H,4-6H2,1H3,(H,14,15)(H,16,17). The van der Waals surface area contributed by atoms with Crippen LogP contribution in [0.4, 0.5) is 4.79 Å². The van der Waals surface area contributed by atoms with E-state index in [2.05, 4.69) is 0 Å². The van der Waals surface area contributed by atoms with Crippen molar-refractivity contribution in [2.75, 3.05) is 13.7 Å². The molecule has 1 amide bonds. The smallest absolute Gasteiger partial charge is 0.407 e. The van der Waals surface area contributed by atoms with Crippen LogP contribution in [0, 0.1) is 0 Å². The zero-order valence-electron chi connectivity index (χ0n) is 9.84. The number of hydrogen-bond donors (Lipinski definition) is 2. The van der Waals surface area contributed by atoms with E-state index in [9.17, 15) is 9.59 Å². The number of carboxylic acid groups (broad SMARTS) is 2. The predicted octanol–water partition coefficient (Wildman–Crippen LogP) is 1.43. The van der Waals surface area contributed by atoms with Gasteiger partial charge in [-0.25, -0.2) is 9.59 Å². The number of amides is 1. The lowest BCUT2D eigenvalue weighted by Crippen LogP contribution is -2.35. The lowest BCUT2D eigenvalue weighted by atomic mass is 9.96. The first-order valence-electron chi connectivity index (χ1n) is 5.44. The van der Waals surface area contributed by atoms with Gasteiger partial charge in [-0.2, -0.15) is 0 Å². The topological polar surface area (TPSA) is 87.1 Å². The predicted molar refractivity (Wildman–Crippen MR) is 62.1 cm³/mol. The molecule has 0 bridgehead atoms. The van der Waals surface area contributed by atoms with Gasteiger partial charge in [0, 0.05) is 18.7 Å². The van der Waals surface area contributed by atoms with Crippen LogP contribution in [0.5, 0.6) is 5.75 Å². The van der Waals surface area contributed by atoms with Crippen LogP contribution in [0.3, 0.4) is 0 Å². The van der Waals surface area contributed by atoms with Gasteiger partial charge in [0.05, 0.1) is 7.11 Å². The molecule has 0 aromatic heterocycles. The summed E-state index contributed by atoms with van der Waals surface area (Å²) in [5.74, 6) is -0.708. The Morgan fingerprint density at radius 3 is 2.61 bits per heavy atom. The molecule has 0 saturated carbocycles. The molecule has 1 heterocycles. The van der Waals surface area contributed by atoms with Crippen molar-refractivity contribution in [2.24, 2.45) is 0 Å². The van der Waals surface area contributed by atoms with Gasteiger partial charge in [-0.05, 0) is 18.1 Å². The highest BCUT2D eigenvalue weighted by atomic mass is 16.5. The quantitative estimate of drug-likeness (QED) is 0.830. The summed E-state index contributed by atoms with van der Waals surface area (Å²) < 4.78 is 5.15. The molecule has 0 unspecified atom stereocenters. The van der Waals surface area contributed by atoms with Crippen molar-refractivity contribution >= 4 is 12.1 Å². The Balaban J connectivity index is 2.44. The molecule has 0 saturated heterocycles. The average Bonchev–Trinajstić information content (AvgIpc) is 2.36. The maximum Gasteiger partial charge on any atom is 0.407 e. The fourth-order valence-electron chi connectivity index (χ4n) is 2.19. The van der Waals surface area contributed by atoms with E-state index in [1.54, 1.807) is 6.07 Å². The number of carbonyl (C=O) groups is 2. The van der Waals surface area contributed by atoms with Gasteiger partial charge in [0.15, 0.2) is 0 Å². The number of benzene rings is 1. The second kappa shape index (κ2) is 4.56. The Kier molecular flexibility index (Phi) is 3.10. The number of aromatic carboxylic acids is 1. The van der Waals surface area contributed by atoms with Gasteiger partial charge in [-0.1, -0.05) is 6.07 Å².